The molecule has 16 N–H and O–H groups in total. The van der Waals surface area contributed by atoms with Crippen molar-refractivity contribution in [2.45, 2.75) is 260 Å². The fourth-order valence-electron chi connectivity index (χ4n) is 16.0. The first-order valence-electron chi connectivity index (χ1n) is 28.6. The molecule has 24 heteroatoms. The van der Waals surface area contributed by atoms with E-state index in [-0.39, 0.29) is 40.9 Å². The van der Waals surface area contributed by atoms with E-state index in [2.05, 4.69) is 47.6 Å². The van der Waals surface area contributed by atoms with Crippen molar-refractivity contribution >= 4 is 0 Å². The van der Waals surface area contributed by atoms with Crippen LogP contribution in [0.3, 0.4) is 0 Å². The van der Waals surface area contributed by atoms with Crippen molar-refractivity contribution in [3.8, 4) is 0 Å². The zero-order chi connectivity index (χ0) is 58.2. The van der Waals surface area contributed by atoms with E-state index in [0.717, 1.165) is 25.7 Å². The molecule has 4 saturated heterocycles. The minimum atomic E-state index is -2.02. The van der Waals surface area contributed by atoms with E-state index >= 15 is 0 Å². The summed E-state index contributed by atoms with van der Waals surface area (Å²) in [5.41, 5.74) is -2.00. The molecule has 8 aliphatic rings. The van der Waals surface area contributed by atoms with E-state index in [1.807, 2.05) is 0 Å². The molecule has 0 aromatic carbocycles. The lowest BCUT2D eigenvalue weighted by Gasteiger charge is -2.67. The van der Waals surface area contributed by atoms with Gasteiger partial charge in [-0.3, -0.25) is 0 Å². The summed E-state index contributed by atoms with van der Waals surface area (Å²) in [5.74, 6) is 0.338. The molecule has 8 rings (SSSR count). The molecule has 0 aromatic heterocycles. The zero-order valence-corrected chi connectivity index (χ0v) is 46.8. The lowest BCUT2D eigenvalue weighted by Crippen LogP contribution is -2.67. The predicted molar refractivity (Wildman–Crippen MR) is 272 cm³/mol. The van der Waals surface area contributed by atoms with Gasteiger partial charge in [-0.1, -0.05) is 59.6 Å². The van der Waals surface area contributed by atoms with Gasteiger partial charge < -0.3 is 120 Å². The third kappa shape index (κ3) is 11.2. The van der Waals surface area contributed by atoms with Gasteiger partial charge in [-0.05, 0) is 99.7 Å². The number of hydrogen-bond acceptors (Lipinski definition) is 24. The predicted octanol–water partition coefficient (Wildman–Crippen LogP) is -2.84. The molecule has 3 unspecified atom stereocenters. The summed E-state index contributed by atoms with van der Waals surface area (Å²) in [6.45, 7) is 13.3. The molecule has 4 aliphatic carbocycles. The van der Waals surface area contributed by atoms with E-state index in [4.69, 9.17) is 37.9 Å². The van der Waals surface area contributed by atoms with Gasteiger partial charge in [0.1, 0.15) is 97.7 Å². The van der Waals surface area contributed by atoms with E-state index in [1.165, 1.54) is 5.57 Å². The SMILES string of the molecule is CC[C@H](CC[C@@H](O[C@@H]1O[C@H](CO)[C@@H](O)[C@H](O)[C@H]1O[C@@H]1O[C@H](CO)[C@@H](O)[C@H](O[C@@H]2O[C@H](CO)[C@@H](O)[C@H](O)[C@H]2O)[C@H]1O)C(C)(C)O)C1CC[C@@]2(C)C3CC=C4C(CC[C@H](O[C@@H]5O[C@H](CO)[C@@H](O)[C@H](O)[C@H]5O)C4(C)C)[C@]3(C)[C@H](O)C[C@]12C. The number of rotatable bonds is 18. The summed E-state index contributed by atoms with van der Waals surface area (Å²) in [7, 11) is 0. The van der Waals surface area contributed by atoms with Crippen molar-refractivity contribution in [2.75, 3.05) is 26.4 Å². The summed E-state index contributed by atoms with van der Waals surface area (Å²) in [5, 5.41) is 173. The minimum Gasteiger partial charge on any atom is -0.394 e. The Bertz CT molecular complexity index is 2040. The van der Waals surface area contributed by atoms with Crippen molar-refractivity contribution in [1.82, 2.24) is 0 Å². The van der Waals surface area contributed by atoms with Gasteiger partial charge in [0.25, 0.3) is 0 Å². The Morgan fingerprint density at radius 2 is 1.06 bits per heavy atom. The Kier molecular flexibility index (Phi) is 19.6. The number of fused-ring (bicyclic) bond motifs is 5. The highest BCUT2D eigenvalue weighted by Crippen LogP contribution is 2.75. The highest BCUT2D eigenvalue weighted by Gasteiger charge is 2.70. The van der Waals surface area contributed by atoms with Gasteiger partial charge in [0.05, 0.1) is 50.3 Å². The van der Waals surface area contributed by atoms with Gasteiger partial charge in [-0.15, -0.1) is 0 Å². The van der Waals surface area contributed by atoms with Crippen LogP contribution in [0.25, 0.3) is 0 Å². The third-order valence-electron chi connectivity index (χ3n) is 21.1. The summed E-state index contributed by atoms with van der Waals surface area (Å²) in [6, 6.07) is 0. The third-order valence-corrected chi connectivity index (χ3v) is 21.1. The van der Waals surface area contributed by atoms with Gasteiger partial charge in [0, 0.05) is 10.8 Å². The second-order valence-electron chi connectivity index (χ2n) is 26.0. The van der Waals surface area contributed by atoms with Crippen LogP contribution in [0.15, 0.2) is 11.6 Å². The van der Waals surface area contributed by atoms with Crippen molar-refractivity contribution in [1.29, 1.82) is 0 Å². The van der Waals surface area contributed by atoms with E-state index in [1.54, 1.807) is 13.8 Å². The molecule has 79 heavy (non-hydrogen) atoms. The quantitative estimate of drug-likeness (QED) is 0.0615. The number of aliphatic hydroxyl groups excluding tert-OH is 15. The molecule has 458 valence electrons. The van der Waals surface area contributed by atoms with Crippen LogP contribution in [0.1, 0.15) is 113 Å². The molecule has 4 heterocycles. The zero-order valence-electron chi connectivity index (χ0n) is 46.8. The van der Waals surface area contributed by atoms with Crippen molar-refractivity contribution in [2.24, 2.45) is 45.3 Å². The second-order valence-corrected chi connectivity index (χ2v) is 26.0. The Hall–Kier alpha value is -1.22. The second kappa shape index (κ2) is 24.3. The van der Waals surface area contributed by atoms with Crippen molar-refractivity contribution in [3.05, 3.63) is 11.6 Å². The van der Waals surface area contributed by atoms with Gasteiger partial charge in [-0.25, -0.2) is 0 Å². The average Bonchev–Trinajstić information content (AvgIpc) is 2.77. The molecular formula is C55H94O24. The fraction of sp³-hybridized carbons (Fsp3) is 0.964. The first-order valence-corrected chi connectivity index (χ1v) is 28.6. The smallest absolute Gasteiger partial charge is 0.187 e. The topological polar surface area (TPSA) is 398 Å². The van der Waals surface area contributed by atoms with Crippen LogP contribution >= 0.6 is 0 Å². The van der Waals surface area contributed by atoms with E-state index < -0.39 is 184 Å². The molecule has 0 spiro atoms. The molecule has 0 radical (unpaired) electrons. The molecule has 3 saturated carbocycles. The lowest BCUT2D eigenvalue weighted by molar-refractivity contribution is -0.390. The molecular weight excluding hydrogens is 1040 g/mol. The van der Waals surface area contributed by atoms with Crippen LogP contribution < -0.4 is 0 Å². The van der Waals surface area contributed by atoms with Crippen LogP contribution in [-0.2, 0) is 37.9 Å². The standard InChI is InChI=1S/C55H94O24/c1-9-23(24-16-17-53(6)31-13-11-25-26(55(31,8)32(60)18-54(24,53)7)12-15-33(51(25,2)3)76-47-42(68)39(65)35(61)27(19-56)72-47)10-14-34(52(4,5)71)77-50-46(41(67)37(63)29(21-58)75-50)79-49-44(70)45(38(64)30(22-59)74-49)78-48-43(69)40(66)36(62)28(20-57)73-48/h11,23-24,26-50,56-71H,9-10,12-22H2,1-8H3/t23-,24?,26?,27-,28-,29-,30-,31?,32-,33+,34-,35-,36-,37-,38-,39+,40+,41+,42-,43-,44-,45+,46-,47+,48+,49+,50+,53+,54-,55+/m1/s1. The number of aliphatic hydroxyl groups is 16. The maximum atomic E-state index is 12.7. The Labute approximate surface area is 461 Å². The summed E-state index contributed by atoms with van der Waals surface area (Å²) < 4.78 is 47.8. The fourth-order valence-corrected chi connectivity index (χ4v) is 16.0. The molecule has 30 atom stereocenters. The van der Waals surface area contributed by atoms with E-state index in [9.17, 15) is 81.7 Å². The van der Waals surface area contributed by atoms with Crippen LogP contribution in [-0.4, -0.2) is 255 Å². The minimum absolute atomic E-state index is 0.0137. The first-order chi connectivity index (χ1) is 37.0. The molecule has 0 amide bonds. The van der Waals surface area contributed by atoms with Gasteiger partial charge in [-0.2, -0.15) is 0 Å². The monoisotopic (exact) mass is 1140 g/mol. The van der Waals surface area contributed by atoms with Crippen LogP contribution in [0.2, 0.25) is 0 Å². The highest BCUT2D eigenvalue weighted by atomic mass is 16.8. The van der Waals surface area contributed by atoms with Crippen molar-refractivity contribution in [3.63, 3.8) is 0 Å². The molecule has 4 aliphatic heterocycles. The van der Waals surface area contributed by atoms with Gasteiger partial charge >= 0.3 is 0 Å². The average molecular weight is 1140 g/mol. The van der Waals surface area contributed by atoms with Gasteiger partial charge in [0.2, 0.25) is 0 Å². The highest BCUT2D eigenvalue weighted by molar-refractivity contribution is 5.32. The molecule has 0 aromatic rings. The van der Waals surface area contributed by atoms with E-state index in [0.29, 0.717) is 25.7 Å². The number of allylic oxidation sites excluding steroid dienone is 1. The maximum Gasteiger partial charge on any atom is 0.187 e. The molecule has 0 bridgehead atoms. The Morgan fingerprint density at radius 3 is 1.59 bits per heavy atom. The number of ether oxygens (including phenoxy) is 8. The Balaban J connectivity index is 0.980. The van der Waals surface area contributed by atoms with Gasteiger partial charge in [0.15, 0.2) is 25.2 Å². The summed E-state index contributed by atoms with van der Waals surface area (Å²) in [4.78, 5) is 0. The summed E-state index contributed by atoms with van der Waals surface area (Å²) in [6.07, 6.45) is -27.3. The first kappa shape index (κ1) is 63.8. The van der Waals surface area contributed by atoms with Crippen LogP contribution in [0.5, 0.6) is 0 Å². The summed E-state index contributed by atoms with van der Waals surface area (Å²) >= 11 is 0. The normalized spacial score (nSPS) is 50.9. The largest absolute Gasteiger partial charge is 0.394 e. The maximum absolute atomic E-state index is 12.7. The Morgan fingerprint density at radius 1 is 0.570 bits per heavy atom. The van der Waals surface area contributed by atoms with Crippen LogP contribution in [0, 0.1) is 45.3 Å². The van der Waals surface area contributed by atoms with Crippen LogP contribution in [0.4, 0.5) is 0 Å². The van der Waals surface area contributed by atoms with Crippen molar-refractivity contribution < 1.29 is 120 Å². The molecule has 24 nitrogen and oxygen atoms in total. The molecule has 7 fully saturated rings. The number of hydrogen-bond donors (Lipinski definition) is 16. The lowest BCUT2D eigenvalue weighted by atomic mass is 9.38.